The maximum Gasteiger partial charge on any atom is 0.133 e. The van der Waals surface area contributed by atoms with E-state index in [2.05, 4.69) is 15.9 Å². The number of aliphatic hydroxyl groups excluding tert-OH is 1. The summed E-state index contributed by atoms with van der Waals surface area (Å²) in [5, 5.41) is 9.37. The molecule has 0 saturated carbocycles. The maximum atomic E-state index is 9.37. The minimum atomic E-state index is -0.464. The van der Waals surface area contributed by atoms with Crippen LogP contribution < -0.4 is 4.74 Å². The molecule has 4 heteroatoms. The van der Waals surface area contributed by atoms with E-state index in [0.717, 1.165) is 15.8 Å². The highest BCUT2D eigenvalue weighted by molar-refractivity contribution is 9.10. The fourth-order valence-corrected chi connectivity index (χ4v) is 1.64. The second-order valence-electron chi connectivity index (χ2n) is 3.21. The zero-order valence-electron chi connectivity index (χ0n) is 8.87. The van der Waals surface area contributed by atoms with Crippen molar-refractivity contribution in [1.82, 2.24) is 0 Å². The van der Waals surface area contributed by atoms with Gasteiger partial charge in [0.1, 0.15) is 12.4 Å². The average molecular weight is 275 g/mol. The highest BCUT2D eigenvalue weighted by atomic mass is 79.9. The molecule has 1 rings (SSSR count). The van der Waals surface area contributed by atoms with Crippen LogP contribution in [-0.2, 0) is 4.74 Å². The van der Waals surface area contributed by atoms with Gasteiger partial charge in [0.2, 0.25) is 0 Å². The van der Waals surface area contributed by atoms with E-state index in [-0.39, 0.29) is 0 Å². The molecule has 84 valence electrons. The summed E-state index contributed by atoms with van der Waals surface area (Å²) in [7, 11) is 1.63. The highest BCUT2D eigenvalue weighted by Gasteiger charge is 2.05. The van der Waals surface area contributed by atoms with E-state index >= 15 is 0 Å². The molecule has 1 aromatic carbocycles. The highest BCUT2D eigenvalue weighted by Crippen LogP contribution is 2.28. The van der Waals surface area contributed by atoms with E-state index in [1.807, 2.05) is 18.2 Å². The summed E-state index contributed by atoms with van der Waals surface area (Å²) in [6.07, 6.45) is -0.464. The minimum absolute atomic E-state index is 0.464. The van der Waals surface area contributed by atoms with Crippen LogP contribution in [0.2, 0.25) is 0 Å². The molecule has 0 heterocycles. The summed E-state index contributed by atoms with van der Waals surface area (Å²) < 4.78 is 11.2. The van der Waals surface area contributed by atoms with Crippen molar-refractivity contribution in [2.24, 2.45) is 0 Å². The van der Waals surface area contributed by atoms with Crippen molar-refractivity contribution in [2.75, 3.05) is 20.3 Å². The predicted molar refractivity (Wildman–Crippen MR) is 62.1 cm³/mol. The van der Waals surface area contributed by atoms with Crippen molar-refractivity contribution in [2.45, 2.75) is 13.0 Å². The third-order valence-electron chi connectivity index (χ3n) is 1.98. The van der Waals surface area contributed by atoms with Crippen molar-refractivity contribution in [3.63, 3.8) is 0 Å². The fraction of sp³-hybridized carbons (Fsp3) is 0.455. The van der Waals surface area contributed by atoms with E-state index in [0.29, 0.717) is 13.2 Å². The molecule has 0 aliphatic rings. The molecule has 3 nitrogen and oxygen atoms in total. The molecule has 0 aromatic heterocycles. The molecule has 0 radical (unpaired) electrons. The van der Waals surface area contributed by atoms with Gasteiger partial charge >= 0.3 is 0 Å². The first kappa shape index (κ1) is 12.5. The molecule has 15 heavy (non-hydrogen) atoms. The summed E-state index contributed by atoms with van der Waals surface area (Å²) in [5.74, 6) is 0.761. The standard InChI is InChI=1S/C11H15BrO3/c1-8(13)9-3-4-11(10(12)7-9)15-6-5-14-2/h3-4,7-8,13H,5-6H2,1-2H3/t8-/m0/s1. The number of halogens is 1. The van der Waals surface area contributed by atoms with Crippen LogP contribution in [0, 0.1) is 0 Å². The lowest BCUT2D eigenvalue weighted by molar-refractivity contribution is 0.146. The lowest BCUT2D eigenvalue weighted by Gasteiger charge is -2.10. The third kappa shape index (κ3) is 3.81. The third-order valence-corrected chi connectivity index (χ3v) is 2.60. The molecule has 0 fully saturated rings. The molecule has 1 N–H and O–H groups in total. The van der Waals surface area contributed by atoms with Crippen molar-refractivity contribution >= 4 is 15.9 Å². The summed E-state index contributed by atoms with van der Waals surface area (Å²) in [6, 6.07) is 5.53. The Balaban J connectivity index is 2.66. The summed E-state index contributed by atoms with van der Waals surface area (Å²) >= 11 is 3.39. The van der Waals surface area contributed by atoms with Crippen LogP contribution in [0.25, 0.3) is 0 Å². The van der Waals surface area contributed by atoms with Crippen molar-refractivity contribution in [1.29, 1.82) is 0 Å². The Morgan fingerprint density at radius 2 is 2.13 bits per heavy atom. The summed E-state index contributed by atoms with van der Waals surface area (Å²) in [5.41, 5.74) is 0.862. The van der Waals surface area contributed by atoms with Gasteiger partial charge in [-0.2, -0.15) is 0 Å². The average Bonchev–Trinajstić information content (AvgIpc) is 2.20. The number of benzene rings is 1. The van der Waals surface area contributed by atoms with Crippen LogP contribution in [0.5, 0.6) is 5.75 Å². The van der Waals surface area contributed by atoms with Crippen LogP contribution in [-0.4, -0.2) is 25.4 Å². The van der Waals surface area contributed by atoms with E-state index in [1.54, 1.807) is 14.0 Å². The summed E-state index contributed by atoms with van der Waals surface area (Å²) in [4.78, 5) is 0. The molecule has 0 spiro atoms. The molecule has 0 aliphatic carbocycles. The zero-order valence-corrected chi connectivity index (χ0v) is 10.5. The first-order valence-electron chi connectivity index (χ1n) is 4.74. The molecule has 0 unspecified atom stereocenters. The van der Waals surface area contributed by atoms with Gasteiger partial charge in [-0.15, -0.1) is 0 Å². The largest absolute Gasteiger partial charge is 0.490 e. The Bertz CT molecular complexity index is 313. The van der Waals surface area contributed by atoms with Crippen molar-refractivity contribution in [3.05, 3.63) is 28.2 Å². The monoisotopic (exact) mass is 274 g/mol. The fourth-order valence-electron chi connectivity index (χ4n) is 1.13. The molecule has 0 saturated heterocycles. The zero-order chi connectivity index (χ0) is 11.3. The Morgan fingerprint density at radius 1 is 1.40 bits per heavy atom. The van der Waals surface area contributed by atoms with E-state index in [9.17, 15) is 5.11 Å². The number of hydrogen-bond acceptors (Lipinski definition) is 3. The van der Waals surface area contributed by atoms with Gasteiger partial charge in [-0.25, -0.2) is 0 Å². The van der Waals surface area contributed by atoms with Crippen LogP contribution in [0.4, 0.5) is 0 Å². The van der Waals surface area contributed by atoms with Crippen molar-refractivity contribution < 1.29 is 14.6 Å². The van der Waals surface area contributed by atoms with Gasteiger partial charge in [0, 0.05) is 7.11 Å². The number of ether oxygens (including phenoxy) is 2. The first-order valence-corrected chi connectivity index (χ1v) is 5.53. The normalized spacial score (nSPS) is 12.5. The number of aliphatic hydroxyl groups is 1. The lowest BCUT2D eigenvalue weighted by atomic mass is 10.1. The topological polar surface area (TPSA) is 38.7 Å². The Kier molecular flexibility index (Phi) is 5.08. The smallest absolute Gasteiger partial charge is 0.133 e. The predicted octanol–water partition coefficient (Wildman–Crippen LogP) is 2.53. The van der Waals surface area contributed by atoms with Crippen LogP contribution in [0.1, 0.15) is 18.6 Å². The van der Waals surface area contributed by atoms with Gasteiger partial charge < -0.3 is 14.6 Å². The van der Waals surface area contributed by atoms with Gasteiger partial charge in [-0.1, -0.05) is 6.07 Å². The van der Waals surface area contributed by atoms with E-state index in [4.69, 9.17) is 9.47 Å². The van der Waals surface area contributed by atoms with Crippen LogP contribution in [0.3, 0.4) is 0 Å². The molecule has 0 aliphatic heterocycles. The second kappa shape index (κ2) is 6.10. The van der Waals surface area contributed by atoms with Crippen LogP contribution >= 0.6 is 15.9 Å². The quantitative estimate of drug-likeness (QED) is 0.839. The minimum Gasteiger partial charge on any atom is -0.490 e. The summed E-state index contributed by atoms with van der Waals surface area (Å²) in [6.45, 7) is 2.81. The van der Waals surface area contributed by atoms with Gasteiger partial charge in [-0.3, -0.25) is 0 Å². The van der Waals surface area contributed by atoms with E-state index in [1.165, 1.54) is 0 Å². The molecule has 0 amide bonds. The molecule has 0 bridgehead atoms. The van der Waals surface area contributed by atoms with E-state index < -0.39 is 6.10 Å². The maximum absolute atomic E-state index is 9.37. The Labute approximate surface area is 98.1 Å². The van der Waals surface area contributed by atoms with Crippen LogP contribution in [0.15, 0.2) is 22.7 Å². The second-order valence-corrected chi connectivity index (χ2v) is 4.06. The Hall–Kier alpha value is -0.580. The van der Waals surface area contributed by atoms with Crippen molar-refractivity contribution in [3.8, 4) is 5.75 Å². The molecule has 1 aromatic rings. The van der Waals surface area contributed by atoms with Gasteiger partial charge in [0.05, 0.1) is 17.2 Å². The molecule has 1 atom stereocenters. The Morgan fingerprint density at radius 3 is 2.67 bits per heavy atom. The van der Waals surface area contributed by atoms with Gasteiger partial charge in [0.25, 0.3) is 0 Å². The van der Waals surface area contributed by atoms with Gasteiger partial charge in [-0.05, 0) is 40.5 Å². The number of hydrogen-bond donors (Lipinski definition) is 1. The molecular weight excluding hydrogens is 260 g/mol. The molecular formula is C11H15BrO3. The first-order chi connectivity index (χ1) is 7.15. The number of methoxy groups -OCH3 is 1. The SMILES string of the molecule is COCCOc1ccc([C@H](C)O)cc1Br. The number of rotatable bonds is 5. The lowest BCUT2D eigenvalue weighted by Crippen LogP contribution is -2.04. The van der Waals surface area contributed by atoms with Gasteiger partial charge in [0.15, 0.2) is 0 Å².